The highest BCUT2D eigenvalue weighted by Gasteiger charge is 2.18. The largest absolute Gasteiger partial charge is 0.378 e. The molecule has 0 aliphatic carbocycles. The summed E-state index contributed by atoms with van der Waals surface area (Å²) in [5.74, 6) is 0.693. The van der Waals surface area contributed by atoms with E-state index in [1.54, 1.807) is 4.90 Å². The Morgan fingerprint density at radius 3 is 2.87 bits per heavy atom. The summed E-state index contributed by atoms with van der Waals surface area (Å²) in [5, 5.41) is 6.27. The van der Waals surface area contributed by atoms with Crippen LogP contribution in [0.5, 0.6) is 0 Å². The molecular formula is C8H13N5O2. The fraction of sp³-hybridized carbons (Fsp3) is 0.625. The van der Waals surface area contributed by atoms with Crippen LogP contribution in [-0.2, 0) is 16.0 Å². The smallest absolute Gasteiger partial charge is 0.239 e. The molecule has 1 fully saturated rings. The van der Waals surface area contributed by atoms with Gasteiger partial charge in [0.05, 0.1) is 19.6 Å². The lowest BCUT2D eigenvalue weighted by Crippen LogP contribution is -2.41. The number of aromatic nitrogens is 3. The van der Waals surface area contributed by atoms with Crippen LogP contribution in [0.25, 0.3) is 0 Å². The second kappa shape index (κ2) is 4.26. The number of ether oxygens (including phenoxy) is 1. The summed E-state index contributed by atoms with van der Waals surface area (Å²) in [5.41, 5.74) is 5.33. The van der Waals surface area contributed by atoms with Gasteiger partial charge in [-0.1, -0.05) is 0 Å². The lowest BCUT2D eigenvalue weighted by molar-refractivity contribution is -0.134. The van der Waals surface area contributed by atoms with Crippen LogP contribution in [0.2, 0.25) is 0 Å². The summed E-state index contributed by atoms with van der Waals surface area (Å²) in [7, 11) is 0. The molecule has 0 spiro atoms. The Bertz CT molecular complexity index is 345. The van der Waals surface area contributed by atoms with Crippen molar-refractivity contribution in [2.45, 2.75) is 6.42 Å². The summed E-state index contributed by atoms with van der Waals surface area (Å²) >= 11 is 0. The van der Waals surface area contributed by atoms with E-state index in [0.717, 1.165) is 0 Å². The normalized spacial score (nSPS) is 16.7. The molecule has 1 aromatic heterocycles. The Morgan fingerprint density at radius 1 is 1.53 bits per heavy atom. The molecule has 0 atom stereocenters. The molecule has 3 N–H and O–H groups in total. The van der Waals surface area contributed by atoms with E-state index < -0.39 is 0 Å². The van der Waals surface area contributed by atoms with Crippen molar-refractivity contribution in [3.63, 3.8) is 0 Å². The third-order valence-corrected chi connectivity index (χ3v) is 2.23. The maximum Gasteiger partial charge on any atom is 0.239 e. The minimum absolute atomic E-state index is 0.0226. The van der Waals surface area contributed by atoms with Crippen LogP contribution in [0.3, 0.4) is 0 Å². The molecule has 15 heavy (non-hydrogen) atoms. The highest BCUT2D eigenvalue weighted by molar-refractivity contribution is 5.78. The van der Waals surface area contributed by atoms with Crippen LogP contribution >= 0.6 is 0 Å². The Kier molecular flexibility index (Phi) is 2.82. The standard InChI is InChI=1S/C8H13N5O2/c9-8-10-6(11-12-8)5-7(14)13-1-3-15-4-2-13/h1-5H2,(H3,9,10,11,12). The summed E-state index contributed by atoms with van der Waals surface area (Å²) in [4.78, 5) is 17.3. The molecule has 1 amide bonds. The fourth-order valence-corrected chi connectivity index (χ4v) is 1.46. The average molecular weight is 211 g/mol. The van der Waals surface area contributed by atoms with E-state index >= 15 is 0 Å². The second-order valence-corrected chi connectivity index (χ2v) is 3.31. The number of anilines is 1. The molecule has 1 aliphatic heterocycles. The third-order valence-electron chi connectivity index (χ3n) is 2.23. The van der Waals surface area contributed by atoms with Gasteiger partial charge in [-0.15, -0.1) is 5.10 Å². The predicted molar refractivity (Wildman–Crippen MR) is 51.9 cm³/mol. The van der Waals surface area contributed by atoms with E-state index in [0.29, 0.717) is 32.1 Å². The first-order valence-electron chi connectivity index (χ1n) is 4.78. The Balaban J connectivity index is 1.91. The molecule has 1 aromatic rings. The van der Waals surface area contributed by atoms with Crippen molar-refractivity contribution in [1.29, 1.82) is 0 Å². The third kappa shape index (κ3) is 2.44. The van der Waals surface area contributed by atoms with E-state index in [1.807, 2.05) is 0 Å². The number of rotatable bonds is 2. The van der Waals surface area contributed by atoms with Crippen molar-refractivity contribution in [1.82, 2.24) is 20.1 Å². The Hall–Kier alpha value is -1.63. The van der Waals surface area contributed by atoms with Crippen LogP contribution in [0.1, 0.15) is 5.82 Å². The maximum atomic E-state index is 11.7. The molecular weight excluding hydrogens is 198 g/mol. The van der Waals surface area contributed by atoms with E-state index in [2.05, 4.69) is 15.2 Å². The number of aromatic amines is 1. The average Bonchev–Trinajstić information content (AvgIpc) is 2.65. The molecule has 0 bridgehead atoms. The van der Waals surface area contributed by atoms with Gasteiger partial charge in [-0.2, -0.15) is 4.98 Å². The molecule has 2 rings (SSSR count). The van der Waals surface area contributed by atoms with Gasteiger partial charge in [-0.3, -0.25) is 9.89 Å². The number of amides is 1. The minimum atomic E-state index is 0.0226. The summed E-state index contributed by atoms with van der Waals surface area (Å²) in [6.45, 7) is 2.49. The molecule has 1 saturated heterocycles. The minimum Gasteiger partial charge on any atom is -0.378 e. The van der Waals surface area contributed by atoms with Crippen molar-refractivity contribution >= 4 is 11.9 Å². The number of nitrogens with two attached hydrogens (primary N) is 1. The van der Waals surface area contributed by atoms with Crippen LogP contribution in [0.4, 0.5) is 5.95 Å². The van der Waals surface area contributed by atoms with Gasteiger partial charge in [-0.25, -0.2) is 0 Å². The SMILES string of the molecule is Nc1n[nH]c(CC(=O)N2CCOCC2)n1. The maximum absolute atomic E-state index is 11.7. The summed E-state index contributed by atoms with van der Waals surface area (Å²) in [6, 6.07) is 0. The number of morpholine rings is 1. The van der Waals surface area contributed by atoms with Crippen LogP contribution < -0.4 is 5.73 Å². The molecule has 1 aliphatic rings. The quantitative estimate of drug-likeness (QED) is 0.639. The zero-order chi connectivity index (χ0) is 10.7. The van der Waals surface area contributed by atoms with Crippen molar-refractivity contribution in [3.8, 4) is 0 Å². The second-order valence-electron chi connectivity index (χ2n) is 3.31. The first-order chi connectivity index (χ1) is 7.25. The van der Waals surface area contributed by atoms with E-state index in [1.165, 1.54) is 0 Å². The van der Waals surface area contributed by atoms with Gasteiger partial charge >= 0.3 is 0 Å². The monoisotopic (exact) mass is 211 g/mol. The van der Waals surface area contributed by atoms with E-state index in [4.69, 9.17) is 10.5 Å². The number of H-pyrrole nitrogens is 1. The molecule has 0 saturated carbocycles. The van der Waals surface area contributed by atoms with Gasteiger partial charge in [-0.05, 0) is 0 Å². The number of hydrogen-bond donors (Lipinski definition) is 2. The Labute approximate surface area is 86.6 Å². The molecule has 0 aromatic carbocycles. The van der Waals surface area contributed by atoms with Gasteiger partial charge < -0.3 is 15.4 Å². The zero-order valence-corrected chi connectivity index (χ0v) is 8.27. The fourth-order valence-electron chi connectivity index (χ4n) is 1.46. The highest BCUT2D eigenvalue weighted by atomic mass is 16.5. The van der Waals surface area contributed by atoms with Crippen molar-refractivity contribution in [2.75, 3.05) is 32.0 Å². The number of nitrogens with zero attached hydrogens (tertiary/aromatic N) is 3. The summed E-state index contributed by atoms with van der Waals surface area (Å²) in [6.07, 6.45) is 0.212. The number of carbonyl (C=O) groups is 1. The van der Waals surface area contributed by atoms with Gasteiger partial charge in [0.1, 0.15) is 5.82 Å². The van der Waals surface area contributed by atoms with Crippen LogP contribution in [0.15, 0.2) is 0 Å². The van der Waals surface area contributed by atoms with Crippen LogP contribution in [0, 0.1) is 0 Å². The Morgan fingerprint density at radius 2 is 2.27 bits per heavy atom. The first-order valence-corrected chi connectivity index (χ1v) is 4.78. The molecule has 0 radical (unpaired) electrons. The molecule has 82 valence electrons. The number of nitrogen functional groups attached to an aromatic ring is 1. The van der Waals surface area contributed by atoms with Crippen LogP contribution in [-0.4, -0.2) is 52.3 Å². The summed E-state index contributed by atoms with van der Waals surface area (Å²) < 4.78 is 5.15. The molecule has 7 heteroatoms. The molecule has 0 unspecified atom stereocenters. The highest BCUT2D eigenvalue weighted by Crippen LogP contribution is 2.02. The topological polar surface area (TPSA) is 97.1 Å². The van der Waals surface area contributed by atoms with Gasteiger partial charge in [0, 0.05) is 13.1 Å². The first kappa shape index (κ1) is 9.91. The number of hydrogen-bond acceptors (Lipinski definition) is 5. The predicted octanol–water partition coefficient (Wildman–Crippen LogP) is -1.21. The molecule has 2 heterocycles. The lowest BCUT2D eigenvalue weighted by atomic mass is 10.3. The van der Waals surface area contributed by atoms with E-state index in [-0.39, 0.29) is 18.3 Å². The lowest BCUT2D eigenvalue weighted by Gasteiger charge is -2.26. The van der Waals surface area contributed by atoms with E-state index in [9.17, 15) is 4.79 Å². The van der Waals surface area contributed by atoms with Gasteiger partial charge in [0.15, 0.2) is 0 Å². The zero-order valence-electron chi connectivity index (χ0n) is 8.27. The number of carbonyl (C=O) groups excluding carboxylic acids is 1. The van der Waals surface area contributed by atoms with Crippen molar-refractivity contribution < 1.29 is 9.53 Å². The molecule has 7 nitrogen and oxygen atoms in total. The van der Waals surface area contributed by atoms with Crippen molar-refractivity contribution in [2.24, 2.45) is 0 Å². The van der Waals surface area contributed by atoms with Gasteiger partial charge in [0.2, 0.25) is 11.9 Å². The van der Waals surface area contributed by atoms with Gasteiger partial charge in [0.25, 0.3) is 0 Å². The van der Waals surface area contributed by atoms with Crippen molar-refractivity contribution in [3.05, 3.63) is 5.82 Å². The number of nitrogens with one attached hydrogen (secondary N) is 1.